The van der Waals surface area contributed by atoms with Crippen molar-refractivity contribution >= 4 is 12.1 Å². The molecule has 5 nitrogen and oxygen atoms in total. The summed E-state index contributed by atoms with van der Waals surface area (Å²) < 4.78 is 11.0. The number of fused-ring (bicyclic) bond motifs is 3. The van der Waals surface area contributed by atoms with Gasteiger partial charge in [-0.15, -0.1) is 0 Å². The first-order chi connectivity index (χ1) is 12.2. The molecule has 3 aliphatic carbocycles. The van der Waals surface area contributed by atoms with Gasteiger partial charge >= 0.3 is 12.1 Å². The van der Waals surface area contributed by atoms with E-state index >= 15 is 0 Å². The van der Waals surface area contributed by atoms with E-state index in [1.165, 1.54) is 0 Å². The first kappa shape index (κ1) is 18.7. The summed E-state index contributed by atoms with van der Waals surface area (Å²) in [6.45, 7) is 5.98. The van der Waals surface area contributed by atoms with Crippen LogP contribution in [0.1, 0.15) is 64.9 Å². The molecule has 0 aliphatic heterocycles. The second-order valence-corrected chi connectivity index (χ2v) is 8.75. The Morgan fingerprint density at radius 1 is 1.00 bits per heavy atom. The summed E-state index contributed by atoms with van der Waals surface area (Å²) in [5, 5.41) is 3.08. The summed E-state index contributed by atoms with van der Waals surface area (Å²) in [4.78, 5) is 24.9. The monoisotopic (exact) mass is 359 g/mol. The van der Waals surface area contributed by atoms with Crippen LogP contribution in [-0.2, 0) is 20.9 Å². The van der Waals surface area contributed by atoms with Gasteiger partial charge in [0.2, 0.25) is 0 Å². The van der Waals surface area contributed by atoms with Crippen LogP contribution in [0, 0.1) is 5.41 Å². The van der Waals surface area contributed by atoms with Crippen LogP contribution in [0.25, 0.3) is 0 Å². The van der Waals surface area contributed by atoms with E-state index < -0.39 is 5.60 Å². The van der Waals surface area contributed by atoms with E-state index in [1.807, 2.05) is 51.1 Å². The van der Waals surface area contributed by atoms with Crippen LogP contribution in [0.3, 0.4) is 0 Å². The van der Waals surface area contributed by atoms with Gasteiger partial charge < -0.3 is 14.8 Å². The molecule has 2 bridgehead atoms. The van der Waals surface area contributed by atoms with Crippen molar-refractivity contribution in [3.8, 4) is 0 Å². The maximum absolute atomic E-state index is 12.6. The highest BCUT2D eigenvalue weighted by Gasteiger charge is 2.54. The fourth-order valence-corrected chi connectivity index (χ4v) is 4.04. The lowest BCUT2D eigenvalue weighted by atomic mass is 9.57. The highest BCUT2D eigenvalue weighted by atomic mass is 16.6. The van der Waals surface area contributed by atoms with Crippen LogP contribution in [0.5, 0.6) is 0 Å². The number of carbonyl (C=O) groups is 2. The quantitative estimate of drug-likeness (QED) is 0.812. The van der Waals surface area contributed by atoms with E-state index in [-0.39, 0.29) is 29.6 Å². The number of rotatable bonds is 4. The molecule has 4 rings (SSSR count). The van der Waals surface area contributed by atoms with Crippen LogP contribution >= 0.6 is 0 Å². The van der Waals surface area contributed by atoms with Gasteiger partial charge in [-0.3, -0.25) is 4.79 Å². The Kier molecular flexibility index (Phi) is 5.00. The minimum Gasteiger partial charge on any atom is -0.460 e. The first-order valence-electron chi connectivity index (χ1n) is 9.44. The molecular formula is C21H29NO4. The van der Waals surface area contributed by atoms with Gasteiger partial charge in [0, 0.05) is 5.54 Å². The first-order valence-corrected chi connectivity index (χ1v) is 9.44. The zero-order valence-electron chi connectivity index (χ0n) is 16.0. The number of ether oxygens (including phenoxy) is 2. The van der Waals surface area contributed by atoms with Gasteiger partial charge in [-0.25, -0.2) is 4.79 Å². The number of nitrogens with one attached hydrogen (secondary N) is 1. The predicted octanol–water partition coefficient (Wildman–Crippen LogP) is 4.35. The van der Waals surface area contributed by atoms with E-state index in [9.17, 15) is 9.59 Å². The highest BCUT2D eigenvalue weighted by Crippen LogP contribution is 2.53. The summed E-state index contributed by atoms with van der Waals surface area (Å²) >= 11 is 0. The molecule has 0 unspecified atom stereocenters. The van der Waals surface area contributed by atoms with Crippen molar-refractivity contribution in [1.82, 2.24) is 5.32 Å². The van der Waals surface area contributed by atoms with E-state index in [0.29, 0.717) is 0 Å². The summed E-state index contributed by atoms with van der Waals surface area (Å²) in [5.74, 6) is -0.0787. The average Bonchev–Trinajstić information content (AvgIpc) is 2.61. The summed E-state index contributed by atoms with van der Waals surface area (Å²) in [6.07, 6.45) is 4.31. The molecule has 3 saturated carbocycles. The number of alkyl carbamates (subject to hydrolysis) is 1. The normalized spacial score (nSPS) is 27.7. The molecule has 1 aromatic carbocycles. The van der Waals surface area contributed by atoms with Crippen LogP contribution in [0.15, 0.2) is 30.3 Å². The largest absolute Gasteiger partial charge is 0.460 e. The average molecular weight is 359 g/mol. The smallest absolute Gasteiger partial charge is 0.407 e. The Morgan fingerprint density at radius 3 is 2.12 bits per heavy atom. The summed E-state index contributed by atoms with van der Waals surface area (Å²) in [5.41, 5.74) is -0.101. The molecular weight excluding hydrogens is 330 g/mol. The van der Waals surface area contributed by atoms with Crippen molar-refractivity contribution in [2.24, 2.45) is 5.41 Å². The number of amides is 1. The minimum absolute atomic E-state index is 0.0787. The van der Waals surface area contributed by atoms with E-state index in [4.69, 9.17) is 9.47 Å². The lowest BCUT2D eigenvalue weighted by Crippen LogP contribution is -2.58. The van der Waals surface area contributed by atoms with E-state index in [0.717, 1.165) is 44.1 Å². The lowest BCUT2D eigenvalue weighted by molar-refractivity contribution is -0.175. The van der Waals surface area contributed by atoms with Crippen LogP contribution in [-0.4, -0.2) is 23.2 Å². The second kappa shape index (κ2) is 6.93. The number of hydrogen-bond donors (Lipinski definition) is 1. The third-order valence-electron chi connectivity index (χ3n) is 5.66. The molecule has 0 radical (unpaired) electrons. The zero-order valence-corrected chi connectivity index (χ0v) is 16.0. The number of esters is 1. The van der Waals surface area contributed by atoms with Crippen molar-refractivity contribution < 1.29 is 19.1 Å². The maximum Gasteiger partial charge on any atom is 0.407 e. The van der Waals surface area contributed by atoms with Crippen LogP contribution in [0.2, 0.25) is 0 Å². The molecule has 1 aromatic rings. The molecule has 0 aromatic heterocycles. The Morgan fingerprint density at radius 2 is 1.58 bits per heavy atom. The summed E-state index contributed by atoms with van der Waals surface area (Å²) in [6, 6.07) is 9.65. The predicted molar refractivity (Wildman–Crippen MR) is 98.5 cm³/mol. The topological polar surface area (TPSA) is 64.6 Å². The van der Waals surface area contributed by atoms with Crippen molar-refractivity contribution in [2.45, 2.75) is 77.0 Å². The van der Waals surface area contributed by atoms with E-state index in [2.05, 4.69) is 5.32 Å². The molecule has 0 atom stereocenters. The molecule has 1 amide bonds. The van der Waals surface area contributed by atoms with Gasteiger partial charge in [0.25, 0.3) is 0 Å². The molecule has 26 heavy (non-hydrogen) atoms. The number of hydrogen-bond acceptors (Lipinski definition) is 4. The van der Waals surface area contributed by atoms with Crippen molar-refractivity contribution in [1.29, 1.82) is 0 Å². The van der Waals surface area contributed by atoms with E-state index in [1.54, 1.807) is 0 Å². The van der Waals surface area contributed by atoms with Crippen LogP contribution in [0.4, 0.5) is 4.79 Å². The Balaban J connectivity index is 1.53. The summed E-state index contributed by atoms with van der Waals surface area (Å²) in [7, 11) is 0. The molecule has 1 N–H and O–H groups in total. The van der Waals surface area contributed by atoms with Crippen molar-refractivity contribution in [3.05, 3.63) is 35.9 Å². The standard InChI is InChI=1S/C21H29NO4/c1-19(2,3)26-17(23)20-9-12-21(13-10-20,14-11-20)22-18(24)25-15-16-7-5-4-6-8-16/h4-8H,9-15H2,1-3H3,(H,22,24). The van der Waals surface area contributed by atoms with Crippen molar-refractivity contribution in [2.75, 3.05) is 0 Å². The molecule has 5 heteroatoms. The number of carbonyl (C=O) groups excluding carboxylic acids is 2. The lowest BCUT2D eigenvalue weighted by Gasteiger charge is -2.52. The third kappa shape index (κ3) is 4.19. The van der Waals surface area contributed by atoms with Gasteiger partial charge in [0.05, 0.1) is 5.41 Å². The maximum atomic E-state index is 12.6. The van der Waals surface area contributed by atoms with Gasteiger partial charge in [0.15, 0.2) is 0 Å². The fraction of sp³-hybridized carbons (Fsp3) is 0.619. The Hall–Kier alpha value is -2.04. The fourth-order valence-electron chi connectivity index (χ4n) is 4.04. The molecule has 3 aliphatic rings. The second-order valence-electron chi connectivity index (χ2n) is 8.75. The molecule has 0 heterocycles. The van der Waals surface area contributed by atoms with Gasteiger partial charge in [-0.2, -0.15) is 0 Å². The van der Waals surface area contributed by atoms with Gasteiger partial charge in [0.1, 0.15) is 12.2 Å². The molecule has 0 saturated heterocycles. The SMILES string of the molecule is CC(C)(C)OC(=O)C12CCC(NC(=O)OCc3ccccc3)(CC1)CC2. The number of benzene rings is 1. The minimum atomic E-state index is -0.461. The zero-order chi connectivity index (χ0) is 18.8. The van der Waals surface area contributed by atoms with Gasteiger partial charge in [-0.05, 0) is 64.9 Å². The van der Waals surface area contributed by atoms with Crippen molar-refractivity contribution in [3.63, 3.8) is 0 Å². The molecule has 0 spiro atoms. The van der Waals surface area contributed by atoms with Crippen LogP contribution < -0.4 is 5.32 Å². The Bertz CT molecular complexity index is 638. The molecule has 142 valence electrons. The van der Waals surface area contributed by atoms with Gasteiger partial charge in [-0.1, -0.05) is 30.3 Å². The highest BCUT2D eigenvalue weighted by molar-refractivity contribution is 5.78. The third-order valence-corrected chi connectivity index (χ3v) is 5.66. The Labute approximate surface area is 155 Å². The molecule has 3 fully saturated rings.